The molecule has 13 heavy (non-hydrogen) atoms. The summed E-state index contributed by atoms with van der Waals surface area (Å²) in [4.78, 5) is 8.73. The quantitative estimate of drug-likeness (QED) is 0.782. The van der Waals surface area contributed by atoms with Crippen LogP contribution >= 0.6 is 27.7 Å². The summed E-state index contributed by atoms with van der Waals surface area (Å²) in [5.74, 6) is 0.900. The zero-order chi connectivity index (χ0) is 9.90. The van der Waals surface area contributed by atoms with Crippen LogP contribution in [0.25, 0.3) is 0 Å². The Hall–Kier alpha value is -0.0900. The molecular formula is C9H13BrN2S. The number of hydrogen-bond donors (Lipinski definition) is 0. The minimum atomic E-state index is -0.00181. The molecule has 0 aliphatic carbocycles. The monoisotopic (exact) mass is 260 g/mol. The molecule has 1 rings (SSSR count). The summed E-state index contributed by atoms with van der Waals surface area (Å²) in [6.45, 7) is 4.26. The van der Waals surface area contributed by atoms with Crippen molar-refractivity contribution in [2.45, 2.75) is 23.9 Å². The Morgan fingerprint density at radius 2 is 2.23 bits per heavy atom. The van der Waals surface area contributed by atoms with Crippen molar-refractivity contribution in [1.82, 2.24) is 9.97 Å². The Morgan fingerprint density at radius 1 is 1.54 bits per heavy atom. The fourth-order valence-electron chi connectivity index (χ4n) is 0.852. The summed E-state index contributed by atoms with van der Waals surface area (Å²) < 4.78 is -0.00181. The number of halogens is 1. The highest BCUT2D eigenvalue weighted by atomic mass is 79.9. The van der Waals surface area contributed by atoms with E-state index in [1.807, 2.05) is 12.3 Å². The average Bonchev–Trinajstić information content (AvgIpc) is 2.18. The molecule has 4 heteroatoms. The smallest absolute Gasteiger partial charge is 0.144 e. The van der Waals surface area contributed by atoms with Crippen molar-refractivity contribution < 1.29 is 0 Å². The molecule has 0 aliphatic heterocycles. The molecule has 0 fully saturated rings. The van der Waals surface area contributed by atoms with Gasteiger partial charge in [0.05, 0.1) is 10.4 Å². The third kappa shape index (κ3) is 2.68. The second-order valence-electron chi connectivity index (χ2n) is 3.22. The molecule has 0 aliphatic rings. The van der Waals surface area contributed by atoms with E-state index in [2.05, 4.69) is 46.0 Å². The van der Waals surface area contributed by atoms with Crippen LogP contribution in [0.5, 0.6) is 0 Å². The van der Waals surface area contributed by atoms with Gasteiger partial charge < -0.3 is 0 Å². The van der Waals surface area contributed by atoms with Crippen LogP contribution in [-0.2, 0) is 10.1 Å². The van der Waals surface area contributed by atoms with Gasteiger partial charge in [-0.1, -0.05) is 15.9 Å². The van der Waals surface area contributed by atoms with Crippen molar-refractivity contribution in [2.75, 3.05) is 6.26 Å². The first-order valence-electron chi connectivity index (χ1n) is 4.03. The number of thioether (sulfide) groups is 1. The SMILES string of the molecule is CSC(C)(C)c1nccc(CBr)n1. The molecule has 0 spiro atoms. The predicted molar refractivity (Wildman–Crippen MR) is 61.2 cm³/mol. The predicted octanol–water partition coefficient (Wildman–Crippen LogP) is 2.97. The number of aromatic nitrogens is 2. The van der Waals surface area contributed by atoms with Crippen LogP contribution in [0.2, 0.25) is 0 Å². The van der Waals surface area contributed by atoms with E-state index < -0.39 is 0 Å². The van der Waals surface area contributed by atoms with E-state index in [4.69, 9.17) is 0 Å². The van der Waals surface area contributed by atoms with E-state index in [1.54, 1.807) is 11.8 Å². The van der Waals surface area contributed by atoms with E-state index in [0.29, 0.717) is 0 Å². The van der Waals surface area contributed by atoms with Gasteiger partial charge in [0.15, 0.2) is 0 Å². The van der Waals surface area contributed by atoms with Gasteiger partial charge in [-0.15, -0.1) is 0 Å². The largest absolute Gasteiger partial charge is 0.240 e. The molecule has 0 bridgehead atoms. The first kappa shape index (κ1) is 11.0. The highest BCUT2D eigenvalue weighted by Crippen LogP contribution is 2.30. The van der Waals surface area contributed by atoms with Gasteiger partial charge in [0.25, 0.3) is 0 Å². The third-order valence-electron chi connectivity index (χ3n) is 1.90. The Kier molecular flexibility index (Phi) is 3.74. The van der Waals surface area contributed by atoms with Crippen molar-refractivity contribution in [3.8, 4) is 0 Å². The maximum absolute atomic E-state index is 4.45. The highest BCUT2D eigenvalue weighted by Gasteiger charge is 2.22. The standard InChI is InChI=1S/C9H13BrN2S/c1-9(2,13-3)8-11-5-4-7(6-10)12-8/h4-5H,6H2,1-3H3. The molecule has 0 saturated heterocycles. The first-order chi connectivity index (χ1) is 6.10. The van der Waals surface area contributed by atoms with E-state index in [9.17, 15) is 0 Å². The number of hydrogen-bond acceptors (Lipinski definition) is 3. The summed E-state index contributed by atoms with van der Waals surface area (Å²) in [7, 11) is 0. The fourth-order valence-corrected chi connectivity index (χ4v) is 1.45. The normalized spacial score (nSPS) is 11.7. The Morgan fingerprint density at radius 3 is 2.77 bits per heavy atom. The maximum Gasteiger partial charge on any atom is 0.144 e. The summed E-state index contributed by atoms with van der Waals surface area (Å²) >= 11 is 5.14. The highest BCUT2D eigenvalue weighted by molar-refractivity contribution is 9.08. The Labute approximate surface area is 91.7 Å². The molecule has 0 N–H and O–H groups in total. The lowest BCUT2D eigenvalue weighted by molar-refractivity contribution is 0.703. The van der Waals surface area contributed by atoms with Crippen molar-refractivity contribution in [3.63, 3.8) is 0 Å². The second-order valence-corrected chi connectivity index (χ2v) is 5.21. The summed E-state index contributed by atoms with van der Waals surface area (Å²) in [5.41, 5.74) is 1.03. The molecule has 0 aromatic carbocycles. The first-order valence-corrected chi connectivity index (χ1v) is 6.38. The molecular weight excluding hydrogens is 248 g/mol. The van der Waals surface area contributed by atoms with Crippen LogP contribution < -0.4 is 0 Å². The van der Waals surface area contributed by atoms with Crippen LogP contribution in [-0.4, -0.2) is 16.2 Å². The molecule has 1 aromatic heterocycles. The van der Waals surface area contributed by atoms with E-state index in [-0.39, 0.29) is 4.75 Å². The Balaban J connectivity index is 3.01. The maximum atomic E-state index is 4.45. The number of rotatable bonds is 3. The molecule has 1 heterocycles. The molecule has 0 unspecified atom stereocenters. The van der Waals surface area contributed by atoms with Crippen molar-refractivity contribution in [3.05, 3.63) is 23.8 Å². The van der Waals surface area contributed by atoms with Gasteiger partial charge in [-0.25, -0.2) is 9.97 Å². The van der Waals surface area contributed by atoms with Gasteiger partial charge in [-0.2, -0.15) is 11.8 Å². The minimum absolute atomic E-state index is 0.00181. The van der Waals surface area contributed by atoms with Gasteiger partial charge in [0, 0.05) is 11.5 Å². The average molecular weight is 261 g/mol. The molecule has 0 amide bonds. The number of alkyl halides is 1. The van der Waals surface area contributed by atoms with E-state index >= 15 is 0 Å². The van der Waals surface area contributed by atoms with E-state index in [0.717, 1.165) is 16.8 Å². The van der Waals surface area contributed by atoms with Crippen LogP contribution in [0, 0.1) is 0 Å². The molecule has 0 saturated carbocycles. The fraction of sp³-hybridized carbons (Fsp3) is 0.556. The van der Waals surface area contributed by atoms with Gasteiger partial charge in [0.2, 0.25) is 0 Å². The van der Waals surface area contributed by atoms with E-state index in [1.165, 1.54) is 0 Å². The Bertz CT molecular complexity index is 289. The zero-order valence-corrected chi connectivity index (χ0v) is 10.4. The van der Waals surface area contributed by atoms with Crippen LogP contribution in [0.4, 0.5) is 0 Å². The van der Waals surface area contributed by atoms with Crippen LogP contribution in [0.15, 0.2) is 12.3 Å². The van der Waals surface area contributed by atoms with Gasteiger partial charge in [-0.05, 0) is 26.2 Å². The molecule has 0 radical (unpaired) electrons. The lowest BCUT2D eigenvalue weighted by atomic mass is 10.2. The minimum Gasteiger partial charge on any atom is -0.240 e. The lowest BCUT2D eigenvalue weighted by Crippen LogP contribution is -2.16. The van der Waals surface area contributed by atoms with Crippen molar-refractivity contribution >= 4 is 27.7 Å². The zero-order valence-electron chi connectivity index (χ0n) is 8.04. The lowest BCUT2D eigenvalue weighted by Gasteiger charge is -2.19. The van der Waals surface area contributed by atoms with Crippen molar-refractivity contribution in [1.29, 1.82) is 0 Å². The molecule has 0 atom stereocenters. The number of nitrogens with zero attached hydrogens (tertiary/aromatic N) is 2. The second kappa shape index (κ2) is 4.42. The molecule has 2 nitrogen and oxygen atoms in total. The summed E-state index contributed by atoms with van der Waals surface area (Å²) in [5, 5.41) is 0.785. The summed E-state index contributed by atoms with van der Waals surface area (Å²) in [6.07, 6.45) is 3.89. The van der Waals surface area contributed by atoms with Crippen LogP contribution in [0.1, 0.15) is 25.4 Å². The van der Waals surface area contributed by atoms with Gasteiger partial charge >= 0.3 is 0 Å². The van der Waals surface area contributed by atoms with Crippen molar-refractivity contribution in [2.24, 2.45) is 0 Å². The molecule has 72 valence electrons. The molecule has 1 aromatic rings. The van der Waals surface area contributed by atoms with Gasteiger partial charge in [0.1, 0.15) is 5.82 Å². The summed E-state index contributed by atoms with van der Waals surface area (Å²) in [6, 6.07) is 1.93. The third-order valence-corrected chi connectivity index (χ3v) is 3.68. The van der Waals surface area contributed by atoms with Crippen LogP contribution in [0.3, 0.4) is 0 Å². The van der Waals surface area contributed by atoms with Gasteiger partial charge in [-0.3, -0.25) is 0 Å². The topological polar surface area (TPSA) is 25.8 Å².